The van der Waals surface area contributed by atoms with Crippen molar-refractivity contribution in [3.63, 3.8) is 0 Å². The summed E-state index contributed by atoms with van der Waals surface area (Å²) < 4.78 is 13.1. The number of rotatable bonds is 5. The normalized spacial score (nSPS) is 16.6. The zero-order chi connectivity index (χ0) is 12.5. The Morgan fingerprint density at radius 1 is 1.53 bits per heavy atom. The van der Waals surface area contributed by atoms with E-state index >= 15 is 0 Å². The molecule has 1 aliphatic rings. The van der Waals surface area contributed by atoms with Gasteiger partial charge in [0.05, 0.1) is 5.84 Å². The van der Waals surface area contributed by atoms with Gasteiger partial charge >= 0.3 is 0 Å². The molecule has 1 aromatic carbocycles. The fraction of sp³-hybridized carbons (Fsp3) is 0.462. The Kier molecular flexibility index (Phi) is 3.05. The molecule has 0 bridgehead atoms. The Morgan fingerprint density at radius 3 is 2.76 bits per heavy atom. The van der Waals surface area contributed by atoms with Crippen molar-refractivity contribution in [2.45, 2.75) is 19.3 Å². The monoisotopic (exact) mass is 235 g/mol. The molecule has 0 spiro atoms. The molecule has 0 atom stereocenters. The molecule has 1 aliphatic carbocycles. The minimum absolute atomic E-state index is 0.146. The molecule has 17 heavy (non-hydrogen) atoms. The first-order valence-electron chi connectivity index (χ1n) is 5.80. The van der Waals surface area contributed by atoms with Gasteiger partial charge in [0.25, 0.3) is 0 Å². The maximum absolute atomic E-state index is 13.1. The molecule has 0 aliphatic heterocycles. The van der Waals surface area contributed by atoms with Crippen molar-refractivity contribution >= 4 is 11.5 Å². The lowest BCUT2D eigenvalue weighted by Crippen LogP contribution is -2.29. The van der Waals surface area contributed by atoms with Gasteiger partial charge in [-0.25, -0.2) is 4.39 Å². The summed E-state index contributed by atoms with van der Waals surface area (Å²) in [5.41, 5.74) is 6.48. The minimum atomic E-state index is -0.217. The Bertz CT molecular complexity index is 426. The number of hydrogen-bond acceptors (Lipinski definition) is 2. The number of nitrogens with two attached hydrogens (primary N) is 1. The lowest BCUT2D eigenvalue weighted by atomic mass is 10.0. The lowest BCUT2D eigenvalue weighted by Gasteiger charge is -2.25. The van der Waals surface area contributed by atoms with E-state index in [1.165, 1.54) is 12.1 Å². The van der Waals surface area contributed by atoms with Crippen LogP contribution < -0.4 is 10.6 Å². The van der Waals surface area contributed by atoms with Crippen LogP contribution in [-0.4, -0.2) is 19.4 Å². The van der Waals surface area contributed by atoms with Crippen molar-refractivity contribution in [3.05, 3.63) is 30.1 Å². The third kappa shape index (κ3) is 2.96. The SMILES string of the molecule is CN(CC1(CC(=N)N)CC1)c1cccc(F)c1. The molecule has 1 aromatic rings. The first-order chi connectivity index (χ1) is 8.01. The highest BCUT2D eigenvalue weighted by molar-refractivity contribution is 5.78. The molecule has 0 amide bonds. The molecule has 3 nitrogen and oxygen atoms in total. The molecule has 1 fully saturated rings. The van der Waals surface area contributed by atoms with E-state index in [-0.39, 0.29) is 17.1 Å². The molecule has 92 valence electrons. The Balaban J connectivity index is 2.02. The van der Waals surface area contributed by atoms with E-state index in [9.17, 15) is 4.39 Å². The minimum Gasteiger partial charge on any atom is -0.388 e. The number of benzene rings is 1. The average Bonchev–Trinajstić information content (AvgIpc) is 2.96. The van der Waals surface area contributed by atoms with Gasteiger partial charge in [-0.05, 0) is 36.5 Å². The second-order valence-electron chi connectivity index (χ2n) is 5.04. The largest absolute Gasteiger partial charge is 0.388 e. The van der Waals surface area contributed by atoms with E-state index in [0.29, 0.717) is 6.42 Å². The molecule has 0 saturated heterocycles. The van der Waals surface area contributed by atoms with E-state index < -0.39 is 0 Å². The number of amidine groups is 1. The molecule has 0 unspecified atom stereocenters. The highest BCUT2D eigenvalue weighted by Gasteiger charge is 2.43. The topological polar surface area (TPSA) is 53.1 Å². The first-order valence-corrected chi connectivity index (χ1v) is 5.80. The zero-order valence-corrected chi connectivity index (χ0v) is 10.0. The van der Waals surface area contributed by atoms with Crippen molar-refractivity contribution in [1.29, 1.82) is 5.41 Å². The van der Waals surface area contributed by atoms with E-state index in [1.54, 1.807) is 6.07 Å². The second-order valence-corrected chi connectivity index (χ2v) is 5.04. The maximum Gasteiger partial charge on any atom is 0.125 e. The van der Waals surface area contributed by atoms with Crippen molar-refractivity contribution in [2.24, 2.45) is 11.1 Å². The number of halogens is 1. The van der Waals surface area contributed by atoms with Crippen LogP contribution in [0.15, 0.2) is 24.3 Å². The summed E-state index contributed by atoms with van der Waals surface area (Å²) >= 11 is 0. The van der Waals surface area contributed by atoms with Crippen LogP contribution in [0.1, 0.15) is 19.3 Å². The van der Waals surface area contributed by atoms with Gasteiger partial charge in [-0.15, -0.1) is 0 Å². The Morgan fingerprint density at radius 2 is 2.24 bits per heavy atom. The van der Waals surface area contributed by atoms with Gasteiger partial charge in [-0.3, -0.25) is 5.41 Å². The molecule has 4 heteroatoms. The molecular weight excluding hydrogens is 217 g/mol. The van der Waals surface area contributed by atoms with E-state index in [4.69, 9.17) is 11.1 Å². The molecule has 1 saturated carbocycles. The van der Waals surface area contributed by atoms with Gasteiger partial charge in [-0.2, -0.15) is 0 Å². The fourth-order valence-electron chi connectivity index (χ4n) is 2.28. The zero-order valence-electron chi connectivity index (χ0n) is 10.0. The van der Waals surface area contributed by atoms with Crippen molar-refractivity contribution in [2.75, 3.05) is 18.5 Å². The summed E-state index contributed by atoms with van der Waals surface area (Å²) in [7, 11) is 1.95. The van der Waals surface area contributed by atoms with Crippen LogP contribution in [0.3, 0.4) is 0 Å². The third-order valence-corrected chi connectivity index (χ3v) is 3.34. The second kappa shape index (κ2) is 4.35. The van der Waals surface area contributed by atoms with Gasteiger partial charge in [0.1, 0.15) is 5.82 Å². The van der Waals surface area contributed by atoms with Crippen molar-refractivity contribution < 1.29 is 4.39 Å². The molecule has 0 aromatic heterocycles. The van der Waals surface area contributed by atoms with Crippen LogP contribution >= 0.6 is 0 Å². The van der Waals surface area contributed by atoms with Gasteiger partial charge < -0.3 is 10.6 Å². The van der Waals surface area contributed by atoms with Gasteiger partial charge in [0, 0.05) is 25.7 Å². The summed E-state index contributed by atoms with van der Waals surface area (Å²) in [6.45, 7) is 0.829. The van der Waals surface area contributed by atoms with Crippen molar-refractivity contribution in [1.82, 2.24) is 0 Å². The van der Waals surface area contributed by atoms with Crippen molar-refractivity contribution in [3.8, 4) is 0 Å². The predicted molar refractivity (Wildman–Crippen MR) is 67.9 cm³/mol. The highest BCUT2D eigenvalue weighted by atomic mass is 19.1. The fourth-order valence-corrected chi connectivity index (χ4v) is 2.28. The summed E-state index contributed by atoms with van der Waals surface area (Å²) in [6, 6.07) is 6.59. The van der Waals surface area contributed by atoms with Gasteiger partial charge in [0.2, 0.25) is 0 Å². The maximum atomic E-state index is 13.1. The first kappa shape index (κ1) is 11.9. The van der Waals surface area contributed by atoms with Crippen LogP contribution in [0.2, 0.25) is 0 Å². The van der Waals surface area contributed by atoms with Crippen LogP contribution in [-0.2, 0) is 0 Å². The summed E-state index contributed by atoms with van der Waals surface area (Å²) in [5, 5.41) is 7.37. The molecular formula is C13H18FN3. The van der Waals surface area contributed by atoms with Crippen LogP contribution in [0, 0.1) is 16.6 Å². The van der Waals surface area contributed by atoms with Gasteiger partial charge in [0.15, 0.2) is 0 Å². The third-order valence-electron chi connectivity index (χ3n) is 3.34. The molecule has 0 heterocycles. The number of nitrogens with zero attached hydrogens (tertiary/aromatic N) is 1. The van der Waals surface area contributed by atoms with E-state index in [2.05, 4.69) is 0 Å². The van der Waals surface area contributed by atoms with E-state index in [0.717, 1.165) is 25.1 Å². The lowest BCUT2D eigenvalue weighted by molar-refractivity contribution is 0.529. The highest BCUT2D eigenvalue weighted by Crippen LogP contribution is 2.49. The van der Waals surface area contributed by atoms with Gasteiger partial charge in [-0.1, -0.05) is 6.07 Å². The summed E-state index contributed by atoms with van der Waals surface area (Å²) in [4.78, 5) is 2.04. The molecule has 2 rings (SSSR count). The smallest absolute Gasteiger partial charge is 0.125 e. The van der Waals surface area contributed by atoms with Crippen LogP contribution in [0.25, 0.3) is 0 Å². The average molecular weight is 235 g/mol. The van der Waals surface area contributed by atoms with Crippen LogP contribution in [0.4, 0.5) is 10.1 Å². The summed E-state index contributed by atoms with van der Waals surface area (Å²) in [5.74, 6) is 0.0286. The summed E-state index contributed by atoms with van der Waals surface area (Å²) in [6.07, 6.45) is 2.85. The number of anilines is 1. The number of hydrogen-bond donors (Lipinski definition) is 2. The Labute approximate surface area is 101 Å². The predicted octanol–water partition coefficient (Wildman–Crippen LogP) is 2.37. The number of nitrogens with one attached hydrogen (secondary N) is 1. The molecule has 3 N–H and O–H groups in total. The Hall–Kier alpha value is -1.58. The standard InChI is InChI=1S/C13H18FN3/c1-17(11-4-2-3-10(14)7-11)9-13(5-6-13)8-12(15)16/h2-4,7H,5-6,8-9H2,1H3,(H3,15,16). The van der Waals surface area contributed by atoms with Crippen LogP contribution in [0.5, 0.6) is 0 Å². The molecule has 0 radical (unpaired) electrons. The van der Waals surface area contributed by atoms with E-state index in [1.807, 2.05) is 18.0 Å². The quantitative estimate of drug-likeness (QED) is 0.608.